The molecule has 0 N–H and O–H groups in total. The third-order valence-electron chi connectivity index (χ3n) is 4.06. The van der Waals surface area contributed by atoms with Gasteiger partial charge in [-0.05, 0) is 25.5 Å². The van der Waals surface area contributed by atoms with Gasteiger partial charge in [-0.2, -0.15) is 0 Å². The Morgan fingerprint density at radius 2 is 1.80 bits per heavy atom. The number of rotatable bonds is 2. The van der Waals surface area contributed by atoms with Gasteiger partial charge in [0.1, 0.15) is 11.6 Å². The summed E-state index contributed by atoms with van der Waals surface area (Å²) in [7, 11) is 0. The van der Waals surface area contributed by atoms with Crippen molar-refractivity contribution in [3.8, 4) is 0 Å². The van der Waals surface area contributed by atoms with Crippen molar-refractivity contribution in [2.24, 2.45) is 0 Å². The lowest BCUT2D eigenvalue weighted by atomic mass is 9.88. The van der Waals surface area contributed by atoms with Crippen molar-refractivity contribution < 1.29 is 0 Å². The number of nitrogens with zero attached hydrogens (tertiary/aromatic N) is 6. The third kappa shape index (κ3) is 1.79. The highest BCUT2D eigenvalue weighted by Gasteiger charge is 2.46. The van der Waals surface area contributed by atoms with E-state index in [0.717, 1.165) is 30.7 Å². The number of fused-ring (bicyclic) bond motifs is 2. The van der Waals surface area contributed by atoms with Gasteiger partial charge in [0.15, 0.2) is 0 Å². The Morgan fingerprint density at radius 3 is 2.50 bits per heavy atom. The van der Waals surface area contributed by atoms with E-state index in [1.54, 1.807) is 0 Å². The molecule has 2 bridgehead atoms. The van der Waals surface area contributed by atoms with E-state index in [-0.39, 0.29) is 0 Å². The van der Waals surface area contributed by atoms with Crippen LogP contribution in [0, 0.1) is 6.92 Å². The molecule has 20 heavy (non-hydrogen) atoms. The smallest absolute Gasteiger partial charge is 0.225 e. The lowest BCUT2D eigenvalue weighted by Gasteiger charge is -2.56. The predicted octanol–water partition coefficient (Wildman–Crippen LogP) is 1.04. The quantitative estimate of drug-likeness (QED) is 0.811. The van der Waals surface area contributed by atoms with E-state index in [9.17, 15) is 0 Å². The van der Waals surface area contributed by atoms with E-state index in [1.165, 1.54) is 6.42 Å². The minimum atomic E-state index is 0.492. The first-order valence-corrected chi connectivity index (χ1v) is 6.91. The predicted molar refractivity (Wildman–Crippen MR) is 75.7 cm³/mol. The maximum Gasteiger partial charge on any atom is 0.225 e. The molecule has 6 heteroatoms. The molecular weight excluding hydrogens is 252 g/mol. The summed E-state index contributed by atoms with van der Waals surface area (Å²) in [4.78, 5) is 22.1. The third-order valence-corrected chi connectivity index (χ3v) is 4.06. The monoisotopic (exact) mass is 268 g/mol. The summed E-state index contributed by atoms with van der Waals surface area (Å²) in [6, 6.07) is 4.83. The van der Waals surface area contributed by atoms with E-state index in [1.807, 2.05) is 37.6 Å². The molecule has 0 spiro atoms. The summed E-state index contributed by atoms with van der Waals surface area (Å²) in [5, 5.41) is 0. The lowest BCUT2D eigenvalue weighted by molar-refractivity contribution is 0.285. The summed E-state index contributed by atoms with van der Waals surface area (Å²) in [6.07, 6.45) is 6.67. The Balaban J connectivity index is 1.53. The van der Waals surface area contributed by atoms with Crippen LogP contribution < -0.4 is 9.80 Å². The van der Waals surface area contributed by atoms with Crippen molar-refractivity contribution in [3.63, 3.8) is 0 Å². The molecule has 5 rings (SSSR count). The number of hydrogen-bond donors (Lipinski definition) is 0. The van der Waals surface area contributed by atoms with Crippen LogP contribution in [0.1, 0.15) is 12.2 Å². The van der Waals surface area contributed by atoms with Crippen molar-refractivity contribution in [2.45, 2.75) is 25.4 Å². The van der Waals surface area contributed by atoms with Crippen LogP contribution in [-0.2, 0) is 0 Å². The fraction of sp³-hybridized carbons (Fsp3) is 0.429. The van der Waals surface area contributed by atoms with Gasteiger partial charge in [0, 0.05) is 31.7 Å². The Labute approximate surface area is 117 Å². The fourth-order valence-corrected chi connectivity index (χ4v) is 3.17. The van der Waals surface area contributed by atoms with Gasteiger partial charge in [0.05, 0.1) is 12.1 Å². The van der Waals surface area contributed by atoms with Crippen molar-refractivity contribution in [1.29, 1.82) is 0 Å². The number of piperidine rings is 1. The highest BCUT2D eigenvalue weighted by atomic mass is 15.4. The molecule has 0 aliphatic carbocycles. The molecule has 3 fully saturated rings. The Bertz CT molecular complexity index is 604. The van der Waals surface area contributed by atoms with Gasteiger partial charge < -0.3 is 9.80 Å². The van der Waals surface area contributed by atoms with Gasteiger partial charge in [-0.25, -0.2) is 19.9 Å². The van der Waals surface area contributed by atoms with E-state index in [2.05, 4.69) is 29.7 Å². The highest BCUT2D eigenvalue weighted by Crippen LogP contribution is 2.36. The van der Waals surface area contributed by atoms with Gasteiger partial charge in [-0.1, -0.05) is 0 Å². The van der Waals surface area contributed by atoms with Crippen LogP contribution >= 0.6 is 0 Å². The Morgan fingerprint density at radius 1 is 1.05 bits per heavy atom. The molecule has 3 aliphatic rings. The largest absolute Gasteiger partial charge is 0.352 e. The Kier molecular flexibility index (Phi) is 2.55. The molecule has 5 heterocycles. The van der Waals surface area contributed by atoms with Crippen LogP contribution in [0.25, 0.3) is 0 Å². The molecule has 6 nitrogen and oxygen atoms in total. The highest BCUT2D eigenvalue weighted by molar-refractivity contribution is 5.48. The molecule has 102 valence electrons. The van der Waals surface area contributed by atoms with Gasteiger partial charge >= 0.3 is 0 Å². The first kappa shape index (κ1) is 11.6. The summed E-state index contributed by atoms with van der Waals surface area (Å²) >= 11 is 0. The first-order valence-electron chi connectivity index (χ1n) is 6.91. The molecule has 0 aromatic carbocycles. The fourth-order valence-electron chi connectivity index (χ4n) is 3.17. The number of hydrogen-bond acceptors (Lipinski definition) is 6. The van der Waals surface area contributed by atoms with Gasteiger partial charge in [0.2, 0.25) is 5.95 Å². The second-order valence-electron chi connectivity index (χ2n) is 5.37. The van der Waals surface area contributed by atoms with Crippen molar-refractivity contribution >= 4 is 11.8 Å². The first-order chi connectivity index (χ1) is 9.81. The molecule has 2 aromatic rings. The van der Waals surface area contributed by atoms with Crippen LogP contribution in [0.5, 0.6) is 0 Å². The number of aryl methyl sites for hydroxylation is 1. The average Bonchev–Trinajstić information content (AvgIpc) is 2.48. The van der Waals surface area contributed by atoms with Gasteiger partial charge in [-0.15, -0.1) is 0 Å². The average molecular weight is 268 g/mol. The lowest BCUT2D eigenvalue weighted by Crippen LogP contribution is -2.69. The van der Waals surface area contributed by atoms with Crippen LogP contribution in [0.15, 0.2) is 30.7 Å². The molecule has 2 unspecified atom stereocenters. The molecule has 3 saturated heterocycles. The molecule has 0 radical (unpaired) electrons. The summed E-state index contributed by atoms with van der Waals surface area (Å²) in [5.74, 6) is 2.71. The zero-order chi connectivity index (χ0) is 13.5. The molecule has 3 aliphatic heterocycles. The van der Waals surface area contributed by atoms with E-state index >= 15 is 0 Å². The minimum Gasteiger partial charge on any atom is -0.352 e. The Hall–Kier alpha value is -2.24. The number of anilines is 2. The van der Waals surface area contributed by atoms with Crippen LogP contribution in [0.2, 0.25) is 0 Å². The van der Waals surface area contributed by atoms with Crippen LogP contribution in [0.3, 0.4) is 0 Å². The maximum atomic E-state index is 4.51. The van der Waals surface area contributed by atoms with E-state index in [0.29, 0.717) is 12.1 Å². The SMILES string of the molecule is Cc1nccc(N2CC3CC(C2)N3c2ncccn2)n1. The second-order valence-corrected chi connectivity index (χ2v) is 5.37. The number of piperazine rings is 1. The van der Waals surface area contributed by atoms with Gasteiger partial charge in [-0.3, -0.25) is 0 Å². The topological polar surface area (TPSA) is 58.0 Å². The maximum absolute atomic E-state index is 4.51. The normalized spacial score (nSPS) is 24.4. The second kappa shape index (κ2) is 4.40. The summed E-state index contributed by atoms with van der Waals surface area (Å²) in [6.45, 7) is 3.88. The van der Waals surface area contributed by atoms with Crippen molar-refractivity contribution in [2.75, 3.05) is 22.9 Å². The summed E-state index contributed by atoms with van der Waals surface area (Å²) < 4.78 is 0. The van der Waals surface area contributed by atoms with E-state index in [4.69, 9.17) is 0 Å². The molecule has 0 amide bonds. The van der Waals surface area contributed by atoms with Crippen molar-refractivity contribution in [3.05, 3.63) is 36.5 Å². The zero-order valence-corrected chi connectivity index (χ0v) is 11.3. The molecule has 0 saturated carbocycles. The van der Waals surface area contributed by atoms with Crippen molar-refractivity contribution in [1.82, 2.24) is 19.9 Å². The standard InChI is InChI=1S/C14H16N6/c1-10-15-6-3-13(18-10)19-8-11-7-12(9-19)20(11)14-16-4-2-5-17-14/h2-6,11-12H,7-9H2,1H3. The molecule has 2 aromatic heterocycles. The van der Waals surface area contributed by atoms with Crippen LogP contribution in [-0.4, -0.2) is 45.1 Å². The van der Waals surface area contributed by atoms with E-state index < -0.39 is 0 Å². The zero-order valence-electron chi connectivity index (χ0n) is 11.3. The summed E-state index contributed by atoms with van der Waals surface area (Å²) in [5.41, 5.74) is 0. The molecular formula is C14H16N6. The van der Waals surface area contributed by atoms with Gasteiger partial charge in [0.25, 0.3) is 0 Å². The number of aromatic nitrogens is 4. The minimum absolute atomic E-state index is 0.492. The molecule has 2 atom stereocenters. The van der Waals surface area contributed by atoms with Crippen LogP contribution in [0.4, 0.5) is 11.8 Å².